The van der Waals surface area contributed by atoms with Crippen LogP contribution in [0.2, 0.25) is 0 Å². The van der Waals surface area contributed by atoms with Gasteiger partial charge in [-0.15, -0.1) is 0 Å². The van der Waals surface area contributed by atoms with Gasteiger partial charge in [0.1, 0.15) is 5.56 Å². The fraction of sp³-hybridized carbons (Fsp3) is 0.348. The number of hydrogen-bond donors (Lipinski definition) is 0. The number of carbonyl (C=O) groups is 3. The number of hydrazine groups is 1. The molecule has 4 rings (SSSR count). The Morgan fingerprint density at radius 1 is 0.941 bits per heavy atom. The minimum absolute atomic E-state index is 0.0864. The van der Waals surface area contributed by atoms with Crippen LogP contribution >= 0.6 is 0 Å². The van der Waals surface area contributed by atoms with Crippen LogP contribution < -0.4 is 0 Å². The average molecular weight is 466 g/mol. The van der Waals surface area contributed by atoms with E-state index in [-0.39, 0.29) is 22.7 Å². The van der Waals surface area contributed by atoms with Crippen molar-refractivity contribution in [3.63, 3.8) is 0 Å². The van der Waals surface area contributed by atoms with Crippen LogP contribution in [0.15, 0.2) is 48.5 Å². The van der Waals surface area contributed by atoms with E-state index in [9.17, 15) is 34.6 Å². The standard InChI is InChI=1S/C23H22N4O7/c1-14-10-11-16-18(12-14)23(30)25(22(16)29)24(13-15-6-2-4-8-19(15)26(31)32)21(28)17-7-3-5-9-20(17)27(33)34/h2-9,14,16,18H,10-13H2,1H3/t14-,16+,18+/m1/s1. The summed E-state index contributed by atoms with van der Waals surface area (Å²) in [4.78, 5) is 62.0. The quantitative estimate of drug-likeness (QED) is 0.360. The molecule has 2 fully saturated rings. The first-order chi connectivity index (χ1) is 16.2. The Morgan fingerprint density at radius 3 is 2.21 bits per heavy atom. The van der Waals surface area contributed by atoms with Crippen molar-refractivity contribution in [2.24, 2.45) is 17.8 Å². The lowest BCUT2D eigenvalue weighted by Gasteiger charge is -2.30. The van der Waals surface area contributed by atoms with Gasteiger partial charge in [-0.1, -0.05) is 37.3 Å². The van der Waals surface area contributed by atoms with Gasteiger partial charge in [0.05, 0.1) is 33.8 Å². The van der Waals surface area contributed by atoms with Gasteiger partial charge in [0.2, 0.25) is 0 Å². The summed E-state index contributed by atoms with van der Waals surface area (Å²) in [6.07, 6.45) is 1.74. The summed E-state index contributed by atoms with van der Waals surface area (Å²) in [5.41, 5.74) is -1.03. The topological polar surface area (TPSA) is 144 Å². The van der Waals surface area contributed by atoms with Crippen molar-refractivity contribution in [2.75, 3.05) is 0 Å². The SMILES string of the molecule is C[C@@H]1CC[C@@H]2C(=O)N(N(Cc3ccccc3[N+](=O)[O-])C(=O)c3ccccc3[N+](=O)[O-])C(=O)[C@H]2C1. The lowest BCUT2D eigenvalue weighted by atomic mass is 9.76. The third-order valence-corrected chi connectivity index (χ3v) is 6.48. The Morgan fingerprint density at radius 2 is 1.53 bits per heavy atom. The first kappa shape index (κ1) is 23.0. The van der Waals surface area contributed by atoms with Crippen molar-refractivity contribution in [3.05, 3.63) is 79.9 Å². The van der Waals surface area contributed by atoms with Crippen molar-refractivity contribution in [2.45, 2.75) is 32.7 Å². The maximum Gasteiger partial charge on any atom is 0.282 e. The molecule has 34 heavy (non-hydrogen) atoms. The molecule has 0 radical (unpaired) electrons. The summed E-state index contributed by atoms with van der Waals surface area (Å²) in [6.45, 7) is 1.51. The minimum Gasteiger partial charge on any atom is -0.272 e. The molecule has 3 atom stereocenters. The van der Waals surface area contributed by atoms with E-state index in [1.807, 2.05) is 6.92 Å². The van der Waals surface area contributed by atoms with Gasteiger partial charge in [0.15, 0.2) is 0 Å². The van der Waals surface area contributed by atoms with E-state index < -0.39 is 51.6 Å². The number of imide groups is 1. The van der Waals surface area contributed by atoms with Gasteiger partial charge in [0, 0.05) is 12.1 Å². The highest BCUT2D eigenvalue weighted by atomic mass is 16.6. The zero-order chi connectivity index (χ0) is 24.6. The fourth-order valence-corrected chi connectivity index (χ4v) is 4.78. The molecule has 1 saturated heterocycles. The molecule has 11 heteroatoms. The van der Waals surface area contributed by atoms with Crippen LogP contribution in [0.1, 0.15) is 42.1 Å². The van der Waals surface area contributed by atoms with Gasteiger partial charge in [0.25, 0.3) is 29.1 Å². The van der Waals surface area contributed by atoms with Gasteiger partial charge in [-0.25, -0.2) is 5.01 Å². The van der Waals surface area contributed by atoms with Crippen molar-refractivity contribution in [1.82, 2.24) is 10.0 Å². The van der Waals surface area contributed by atoms with Crippen LogP contribution in [0.3, 0.4) is 0 Å². The predicted octanol–water partition coefficient (Wildman–Crippen LogP) is 3.48. The molecule has 2 aromatic carbocycles. The molecule has 11 nitrogen and oxygen atoms in total. The van der Waals surface area contributed by atoms with Gasteiger partial charge in [-0.05, 0) is 31.2 Å². The Bertz CT molecular complexity index is 1200. The lowest BCUT2D eigenvalue weighted by molar-refractivity contribution is -0.385. The Labute approximate surface area is 194 Å². The Hall–Kier alpha value is -4.15. The number of nitro benzene ring substituents is 2. The smallest absolute Gasteiger partial charge is 0.272 e. The van der Waals surface area contributed by atoms with E-state index in [2.05, 4.69) is 0 Å². The average Bonchev–Trinajstić information content (AvgIpc) is 3.06. The largest absolute Gasteiger partial charge is 0.282 e. The minimum atomic E-state index is -0.959. The summed E-state index contributed by atoms with van der Waals surface area (Å²) in [5.74, 6) is -3.04. The van der Waals surface area contributed by atoms with Crippen molar-refractivity contribution < 1.29 is 24.2 Å². The molecule has 1 heterocycles. The number of hydrogen-bond acceptors (Lipinski definition) is 7. The lowest BCUT2D eigenvalue weighted by Crippen LogP contribution is -2.50. The molecule has 0 N–H and O–H groups in total. The molecule has 3 amide bonds. The number of amides is 3. The van der Waals surface area contributed by atoms with Crippen LogP contribution in [-0.4, -0.2) is 37.6 Å². The van der Waals surface area contributed by atoms with Crippen LogP contribution in [0, 0.1) is 38.0 Å². The van der Waals surface area contributed by atoms with E-state index in [1.54, 1.807) is 0 Å². The van der Waals surface area contributed by atoms with Gasteiger partial charge in [-0.3, -0.25) is 34.6 Å². The van der Waals surface area contributed by atoms with Gasteiger partial charge >= 0.3 is 0 Å². The van der Waals surface area contributed by atoms with Crippen molar-refractivity contribution in [1.29, 1.82) is 0 Å². The highest BCUT2D eigenvalue weighted by molar-refractivity contribution is 6.08. The normalized spacial score (nSPS) is 21.8. The Kier molecular flexibility index (Phi) is 6.10. The molecule has 0 spiro atoms. The fourth-order valence-electron chi connectivity index (χ4n) is 4.78. The molecule has 1 aliphatic heterocycles. The first-order valence-electron chi connectivity index (χ1n) is 10.9. The van der Waals surface area contributed by atoms with E-state index in [4.69, 9.17) is 0 Å². The third kappa shape index (κ3) is 4.00. The summed E-state index contributed by atoms with van der Waals surface area (Å²) in [5, 5.41) is 24.7. The number of para-hydroxylation sites is 2. The number of nitro groups is 2. The third-order valence-electron chi connectivity index (χ3n) is 6.48. The molecule has 176 valence electrons. The molecule has 0 bridgehead atoms. The summed E-state index contributed by atoms with van der Waals surface area (Å²) in [7, 11) is 0. The summed E-state index contributed by atoms with van der Waals surface area (Å²) >= 11 is 0. The zero-order valence-corrected chi connectivity index (χ0v) is 18.3. The van der Waals surface area contributed by atoms with E-state index in [0.717, 1.165) is 22.5 Å². The second kappa shape index (κ2) is 9.00. The number of fused-ring (bicyclic) bond motifs is 1. The van der Waals surface area contributed by atoms with Crippen molar-refractivity contribution >= 4 is 29.1 Å². The second-order valence-electron chi connectivity index (χ2n) is 8.64. The molecule has 1 saturated carbocycles. The number of nitrogens with zero attached hydrogens (tertiary/aromatic N) is 4. The van der Waals surface area contributed by atoms with Crippen LogP contribution in [0.5, 0.6) is 0 Å². The Balaban J connectivity index is 1.80. The second-order valence-corrected chi connectivity index (χ2v) is 8.64. The number of benzene rings is 2. The predicted molar refractivity (Wildman–Crippen MR) is 118 cm³/mol. The number of carbonyl (C=O) groups excluding carboxylic acids is 3. The summed E-state index contributed by atoms with van der Waals surface area (Å²) < 4.78 is 0. The summed E-state index contributed by atoms with van der Waals surface area (Å²) in [6, 6.07) is 10.8. The first-order valence-corrected chi connectivity index (χ1v) is 10.9. The molecule has 1 aliphatic carbocycles. The molecule has 2 aliphatic rings. The maximum atomic E-state index is 13.6. The maximum absolute atomic E-state index is 13.6. The molecular weight excluding hydrogens is 444 g/mol. The van der Waals surface area contributed by atoms with Crippen LogP contribution in [0.25, 0.3) is 0 Å². The number of rotatable bonds is 6. The molecule has 0 aromatic heterocycles. The monoisotopic (exact) mass is 466 g/mol. The van der Waals surface area contributed by atoms with Crippen molar-refractivity contribution in [3.8, 4) is 0 Å². The zero-order valence-electron chi connectivity index (χ0n) is 18.3. The molecule has 0 unspecified atom stereocenters. The highest BCUT2D eigenvalue weighted by Crippen LogP contribution is 2.42. The van der Waals surface area contributed by atoms with Gasteiger partial charge in [-0.2, -0.15) is 5.01 Å². The molecule has 2 aromatic rings. The van der Waals surface area contributed by atoms with E-state index in [0.29, 0.717) is 12.8 Å². The van der Waals surface area contributed by atoms with Gasteiger partial charge < -0.3 is 0 Å². The van der Waals surface area contributed by atoms with E-state index >= 15 is 0 Å². The van der Waals surface area contributed by atoms with E-state index in [1.165, 1.54) is 42.5 Å². The van der Waals surface area contributed by atoms with Crippen LogP contribution in [-0.2, 0) is 16.1 Å². The molecular formula is C23H22N4O7. The van der Waals surface area contributed by atoms with Crippen LogP contribution in [0.4, 0.5) is 11.4 Å². The highest BCUT2D eigenvalue weighted by Gasteiger charge is 2.53.